The predicted octanol–water partition coefficient (Wildman–Crippen LogP) is 4.37. The maximum absolute atomic E-state index is 6.16. The van der Waals surface area contributed by atoms with Crippen LogP contribution in [0, 0.1) is 0 Å². The third-order valence-electron chi connectivity index (χ3n) is 3.57. The minimum atomic E-state index is -0.679. The van der Waals surface area contributed by atoms with Gasteiger partial charge in [-0.15, -0.1) is 0 Å². The van der Waals surface area contributed by atoms with Crippen LogP contribution in [0.3, 0.4) is 0 Å². The molecule has 0 aliphatic carbocycles. The van der Waals surface area contributed by atoms with Crippen molar-refractivity contribution >= 4 is 29.5 Å². The Kier molecular flexibility index (Phi) is 4.37. The van der Waals surface area contributed by atoms with Crippen molar-refractivity contribution < 1.29 is 0 Å². The Hall–Kier alpha value is -2.37. The Balaban J connectivity index is 2.11. The van der Waals surface area contributed by atoms with Crippen molar-refractivity contribution in [2.75, 3.05) is 5.73 Å². The minimum Gasteiger partial charge on any atom is -0.398 e. The first-order valence-corrected chi connectivity index (χ1v) is 8.55. The third-order valence-corrected chi connectivity index (χ3v) is 5.98. The lowest BCUT2D eigenvalue weighted by atomic mass is 10.2. The van der Waals surface area contributed by atoms with E-state index >= 15 is 0 Å². The SMILES string of the molecule is C=C(c1ccccc1N)P(c1ccccc1)c1ccccc1. The lowest BCUT2D eigenvalue weighted by Gasteiger charge is -2.22. The van der Waals surface area contributed by atoms with Crippen molar-refractivity contribution in [2.24, 2.45) is 0 Å². The van der Waals surface area contributed by atoms with Gasteiger partial charge in [0.25, 0.3) is 0 Å². The van der Waals surface area contributed by atoms with Crippen LogP contribution in [0.5, 0.6) is 0 Å². The molecule has 2 heteroatoms. The molecule has 3 rings (SSSR count). The first-order chi connectivity index (χ1) is 10.8. The summed E-state index contributed by atoms with van der Waals surface area (Å²) in [7, 11) is -0.679. The minimum absolute atomic E-state index is 0.679. The van der Waals surface area contributed by atoms with E-state index in [1.807, 2.05) is 30.3 Å². The standard InChI is InChI=1S/C20H18NP/c1-16(19-14-8-9-15-20(19)21)22(17-10-4-2-5-11-17)18-12-6-3-7-13-18/h2-15H,1,21H2. The molecule has 0 aliphatic rings. The summed E-state index contributed by atoms with van der Waals surface area (Å²) in [6, 6.07) is 29.0. The van der Waals surface area contributed by atoms with Gasteiger partial charge >= 0.3 is 0 Å². The molecule has 0 heterocycles. The van der Waals surface area contributed by atoms with Gasteiger partial charge in [-0.1, -0.05) is 85.4 Å². The number of para-hydroxylation sites is 1. The summed E-state index contributed by atoms with van der Waals surface area (Å²) in [5, 5.41) is 3.67. The molecular formula is C20H18NP. The van der Waals surface area contributed by atoms with Gasteiger partial charge in [0.2, 0.25) is 0 Å². The summed E-state index contributed by atoms with van der Waals surface area (Å²) in [6.45, 7) is 4.39. The molecule has 0 spiro atoms. The first kappa shape index (κ1) is 14.6. The predicted molar refractivity (Wildman–Crippen MR) is 99.0 cm³/mol. The summed E-state index contributed by atoms with van der Waals surface area (Å²) < 4.78 is 0. The van der Waals surface area contributed by atoms with Gasteiger partial charge in [-0.2, -0.15) is 0 Å². The smallest absolute Gasteiger partial charge is 0.0394 e. The van der Waals surface area contributed by atoms with E-state index in [2.05, 4.69) is 61.2 Å². The largest absolute Gasteiger partial charge is 0.398 e. The van der Waals surface area contributed by atoms with Crippen LogP contribution in [-0.4, -0.2) is 0 Å². The van der Waals surface area contributed by atoms with E-state index < -0.39 is 7.92 Å². The van der Waals surface area contributed by atoms with Gasteiger partial charge in [-0.3, -0.25) is 0 Å². The molecule has 1 nitrogen and oxygen atoms in total. The van der Waals surface area contributed by atoms with Gasteiger partial charge in [0.05, 0.1) is 0 Å². The molecule has 108 valence electrons. The van der Waals surface area contributed by atoms with Gasteiger partial charge in [0, 0.05) is 11.3 Å². The van der Waals surface area contributed by atoms with Crippen molar-refractivity contribution in [3.05, 3.63) is 97.1 Å². The fraction of sp³-hybridized carbons (Fsp3) is 0. The lowest BCUT2D eigenvalue weighted by Crippen LogP contribution is -2.12. The molecule has 3 aromatic rings. The highest BCUT2D eigenvalue weighted by Crippen LogP contribution is 2.48. The zero-order valence-electron chi connectivity index (χ0n) is 12.3. The van der Waals surface area contributed by atoms with E-state index in [0.29, 0.717) is 0 Å². The number of hydrogen-bond acceptors (Lipinski definition) is 1. The fourth-order valence-electron chi connectivity index (χ4n) is 2.50. The summed E-state index contributed by atoms with van der Waals surface area (Å²) in [6.07, 6.45) is 0. The Morgan fingerprint density at radius 2 is 1.14 bits per heavy atom. The molecule has 3 aromatic carbocycles. The zero-order valence-corrected chi connectivity index (χ0v) is 13.2. The number of benzene rings is 3. The van der Waals surface area contributed by atoms with E-state index in [9.17, 15) is 0 Å². The molecule has 0 amide bonds. The van der Waals surface area contributed by atoms with Crippen LogP contribution in [-0.2, 0) is 0 Å². The van der Waals surface area contributed by atoms with Crippen LogP contribution >= 0.6 is 7.92 Å². The normalized spacial score (nSPS) is 10.6. The van der Waals surface area contributed by atoms with Crippen molar-refractivity contribution in [1.82, 2.24) is 0 Å². The van der Waals surface area contributed by atoms with Crippen LogP contribution in [0.25, 0.3) is 5.31 Å². The van der Waals surface area contributed by atoms with Crippen LogP contribution in [0.15, 0.2) is 91.5 Å². The maximum atomic E-state index is 6.16. The molecule has 0 saturated heterocycles. The van der Waals surface area contributed by atoms with Gasteiger partial charge in [-0.25, -0.2) is 0 Å². The molecule has 2 N–H and O–H groups in total. The lowest BCUT2D eigenvalue weighted by molar-refractivity contribution is 1.63. The summed E-state index contributed by atoms with van der Waals surface area (Å²) >= 11 is 0. The Labute approximate surface area is 132 Å². The maximum Gasteiger partial charge on any atom is 0.0394 e. The van der Waals surface area contributed by atoms with Gasteiger partial charge in [0.15, 0.2) is 0 Å². The van der Waals surface area contributed by atoms with Crippen molar-refractivity contribution in [3.8, 4) is 0 Å². The van der Waals surface area contributed by atoms with Gasteiger partial charge in [0.1, 0.15) is 0 Å². The number of hydrogen-bond donors (Lipinski definition) is 1. The second kappa shape index (κ2) is 6.60. The van der Waals surface area contributed by atoms with Gasteiger partial charge in [-0.05, 0) is 29.9 Å². The van der Waals surface area contributed by atoms with Gasteiger partial charge < -0.3 is 5.73 Å². The van der Waals surface area contributed by atoms with Crippen LogP contribution < -0.4 is 16.3 Å². The molecule has 0 bridgehead atoms. The third kappa shape index (κ3) is 2.95. The van der Waals surface area contributed by atoms with Crippen LogP contribution in [0.1, 0.15) is 5.56 Å². The molecule has 0 fully saturated rings. The number of rotatable bonds is 4. The average Bonchev–Trinajstić information content (AvgIpc) is 2.57. The Bertz CT molecular complexity index is 726. The average molecular weight is 303 g/mol. The number of nitrogens with two attached hydrogens (primary N) is 1. The zero-order chi connectivity index (χ0) is 15.4. The highest BCUT2D eigenvalue weighted by Gasteiger charge is 2.19. The molecule has 0 aliphatic heterocycles. The molecule has 0 aromatic heterocycles. The van der Waals surface area contributed by atoms with Crippen molar-refractivity contribution in [2.45, 2.75) is 0 Å². The molecular weight excluding hydrogens is 285 g/mol. The first-order valence-electron chi connectivity index (χ1n) is 7.21. The molecule has 0 atom stereocenters. The van der Waals surface area contributed by atoms with Crippen LogP contribution in [0.4, 0.5) is 5.69 Å². The topological polar surface area (TPSA) is 26.0 Å². The molecule has 0 saturated carbocycles. The van der Waals surface area contributed by atoms with Crippen molar-refractivity contribution in [1.29, 1.82) is 0 Å². The Morgan fingerprint density at radius 3 is 1.64 bits per heavy atom. The summed E-state index contributed by atoms with van der Waals surface area (Å²) in [4.78, 5) is 0. The van der Waals surface area contributed by atoms with E-state index in [1.54, 1.807) is 0 Å². The molecule has 0 unspecified atom stereocenters. The highest BCUT2D eigenvalue weighted by molar-refractivity contribution is 7.82. The van der Waals surface area contributed by atoms with E-state index in [1.165, 1.54) is 10.6 Å². The number of nitrogen functional groups attached to an aromatic ring is 1. The Morgan fingerprint density at radius 1 is 0.682 bits per heavy atom. The summed E-state index contributed by atoms with van der Waals surface area (Å²) in [5.41, 5.74) is 7.99. The fourth-order valence-corrected chi connectivity index (χ4v) is 4.80. The highest BCUT2D eigenvalue weighted by atomic mass is 31.1. The second-order valence-electron chi connectivity index (χ2n) is 5.04. The monoisotopic (exact) mass is 303 g/mol. The van der Waals surface area contributed by atoms with E-state index in [0.717, 1.165) is 16.6 Å². The van der Waals surface area contributed by atoms with Crippen LogP contribution in [0.2, 0.25) is 0 Å². The molecule has 0 radical (unpaired) electrons. The molecule has 22 heavy (non-hydrogen) atoms. The summed E-state index contributed by atoms with van der Waals surface area (Å²) in [5.74, 6) is 0. The quantitative estimate of drug-likeness (QED) is 0.562. The second-order valence-corrected chi connectivity index (χ2v) is 7.28. The van der Waals surface area contributed by atoms with Crippen molar-refractivity contribution in [3.63, 3.8) is 0 Å². The van der Waals surface area contributed by atoms with E-state index in [-0.39, 0.29) is 0 Å². The van der Waals surface area contributed by atoms with E-state index in [4.69, 9.17) is 5.73 Å². The number of anilines is 1.